The first kappa shape index (κ1) is 24.0. The van der Waals surface area contributed by atoms with Crippen LogP contribution in [0.15, 0.2) is 0 Å². The van der Waals surface area contributed by atoms with Crippen LogP contribution in [0.4, 0.5) is 0 Å². The van der Waals surface area contributed by atoms with Crippen molar-refractivity contribution in [1.29, 1.82) is 0 Å². The minimum atomic E-state index is 0.335. The Bertz CT molecular complexity index is 631. The van der Waals surface area contributed by atoms with E-state index in [0.29, 0.717) is 22.8 Å². The molecule has 4 fully saturated rings. The van der Waals surface area contributed by atoms with Gasteiger partial charge in [-0.05, 0) is 92.3 Å². The summed E-state index contributed by atoms with van der Waals surface area (Å²) in [6, 6.07) is 0.473. The number of hydrogen-bond acceptors (Lipinski definition) is 3. The number of fused-ring (bicyclic) bond motifs is 5. The van der Waals surface area contributed by atoms with Crippen LogP contribution < -0.4 is 5.48 Å². The van der Waals surface area contributed by atoms with Gasteiger partial charge in [0.1, 0.15) is 0 Å². The van der Waals surface area contributed by atoms with Crippen molar-refractivity contribution in [3.05, 3.63) is 0 Å². The maximum atomic E-state index is 12.3. The molecule has 4 nitrogen and oxygen atoms in total. The Hall–Kier alpha value is -0.130. The average molecular weight is 498 g/mol. The second-order valence-electron chi connectivity index (χ2n) is 11.6. The molecule has 5 heteroatoms. The van der Waals surface area contributed by atoms with Crippen LogP contribution in [0.2, 0.25) is 0 Å². The number of halogens is 1. The summed E-state index contributed by atoms with van der Waals surface area (Å²) >= 11 is 3.50. The highest BCUT2D eigenvalue weighted by molar-refractivity contribution is 9.09. The van der Waals surface area contributed by atoms with E-state index in [4.69, 9.17) is 4.84 Å². The molecule has 1 N–H and O–H groups in total. The van der Waals surface area contributed by atoms with Crippen molar-refractivity contribution in [2.24, 2.45) is 34.5 Å². The molecule has 0 radical (unpaired) electrons. The third kappa shape index (κ3) is 4.49. The zero-order valence-corrected chi connectivity index (χ0v) is 21.7. The minimum Gasteiger partial charge on any atom is -0.342 e. The van der Waals surface area contributed by atoms with Gasteiger partial charge < -0.3 is 9.74 Å². The third-order valence-electron chi connectivity index (χ3n) is 10.3. The predicted molar refractivity (Wildman–Crippen MR) is 130 cm³/mol. The van der Waals surface area contributed by atoms with Crippen molar-refractivity contribution in [3.63, 3.8) is 0 Å². The number of rotatable bonds is 9. The van der Waals surface area contributed by atoms with E-state index in [1.165, 1.54) is 57.8 Å². The number of nitrogens with one attached hydrogen (secondary N) is 1. The molecule has 2 unspecified atom stereocenters. The summed E-state index contributed by atoms with van der Waals surface area (Å²) in [6.07, 6.45) is 14.9. The van der Waals surface area contributed by atoms with Crippen molar-refractivity contribution in [1.82, 2.24) is 10.4 Å². The van der Waals surface area contributed by atoms with Gasteiger partial charge in [0.2, 0.25) is 5.91 Å². The topological polar surface area (TPSA) is 41.6 Å². The molecule has 0 aromatic rings. The van der Waals surface area contributed by atoms with Crippen LogP contribution in [0.3, 0.4) is 0 Å². The number of nitrogens with zero attached hydrogens (tertiary/aromatic N) is 1. The van der Waals surface area contributed by atoms with Gasteiger partial charge in [0.05, 0.1) is 6.61 Å². The van der Waals surface area contributed by atoms with E-state index in [9.17, 15) is 4.79 Å². The zero-order valence-electron chi connectivity index (χ0n) is 20.1. The fraction of sp³-hybridized carbons (Fsp3) is 0.962. The van der Waals surface area contributed by atoms with E-state index in [0.717, 1.165) is 61.4 Å². The Morgan fingerprint density at radius 3 is 2.58 bits per heavy atom. The summed E-state index contributed by atoms with van der Waals surface area (Å²) in [5.41, 5.74) is 4.16. The average Bonchev–Trinajstić information content (AvgIpc) is 3.09. The Balaban J connectivity index is 1.31. The Kier molecular flexibility index (Phi) is 7.75. The number of likely N-dealkylation sites (tertiary alicyclic amines) is 1. The zero-order chi connectivity index (χ0) is 22.1. The van der Waals surface area contributed by atoms with E-state index in [2.05, 4.69) is 47.2 Å². The van der Waals surface area contributed by atoms with Crippen LogP contribution in [-0.4, -0.2) is 42.4 Å². The van der Waals surface area contributed by atoms with E-state index < -0.39 is 0 Å². The first-order valence-corrected chi connectivity index (χ1v) is 14.2. The molecule has 31 heavy (non-hydrogen) atoms. The fourth-order valence-electron chi connectivity index (χ4n) is 8.45. The Labute approximate surface area is 198 Å². The number of carbonyl (C=O) groups excluding carboxylic acids is 1. The van der Waals surface area contributed by atoms with Gasteiger partial charge in [0.15, 0.2) is 0 Å². The first-order valence-electron chi connectivity index (χ1n) is 13.1. The molecule has 3 aliphatic carbocycles. The lowest BCUT2D eigenvalue weighted by molar-refractivity contribution is -0.158. The maximum absolute atomic E-state index is 12.3. The van der Waals surface area contributed by atoms with Crippen molar-refractivity contribution < 1.29 is 9.63 Å². The fourth-order valence-corrected chi connectivity index (χ4v) is 8.85. The summed E-state index contributed by atoms with van der Waals surface area (Å²) in [5.74, 6) is 3.65. The summed E-state index contributed by atoms with van der Waals surface area (Å²) < 4.78 is 0. The lowest BCUT2D eigenvalue weighted by atomic mass is 9.47. The van der Waals surface area contributed by atoms with Crippen LogP contribution in [0.5, 0.6) is 0 Å². The number of hydroxylamine groups is 1. The number of hydrogen-bond donors (Lipinski definition) is 1. The van der Waals surface area contributed by atoms with Gasteiger partial charge in [0.25, 0.3) is 0 Å². The molecule has 4 aliphatic rings. The molecule has 3 saturated carbocycles. The minimum absolute atomic E-state index is 0.335. The molecule has 1 aliphatic heterocycles. The number of carbonyl (C=O) groups is 1. The van der Waals surface area contributed by atoms with E-state index in [1.807, 2.05) is 0 Å². The Morgan fingerprint density at radius 1 is 1.00 bits per heavy atom. The van der Waals surface area contributed by atoms with Gasteiger partial charge in [-0.1, -0.05) is 42.6 Å². The largest absolute Gasteiger partial charge is 0.342 e. The number of unbranched alkanes of at least 4 members (excludes halogenated alkanes) is 3. The highest BCUT2D eigenvalue weighted by Crippen LogP contribution is 2.66. The normalized spacial score (nSPS) is 42.3. The van der Waals surface area contributed by atoms with Crippen molar-refractivity contribution in [2.45, 2.75) is 96.9 Å². The molecule has 0 aromatic carbocycles. The second kappa shape index (κ2) is 10.0. The van der Waals surface area contributed by atoms with Crippen LogP contribution in [-0.2, 0) is 9.63 Å². The van der Waals surface area contributed by atoms with E-state index in [1.54, 1.807) is 0 Å². The monoisotopic (exact) mass is 496 g/mol. The molecule has 4 rings (SSSR count). The summed E-state index contributed by atoms with van der Waals surface area (Å²) in [4.78, 5) is 20.3. The van der Waals surface area contributed by atoms with Crippen molar-refractivity contribution >= 4 is 21.8 Å². The quantitative estimate of drug-likeness (QED) is 0.243. The van der Waals surface area contributed by atoms with Crippen LogP contribution in [0.1, 0.15) is 90.9 Å². The molecule has 1 amide bonds. The summed E-state index contributed by atoms with van der Waals surface area (Å²) in [5, 5.41) is 1.12. The lowest BCUT2D eigenvalue weighted by Crippen LogP contribution is -2.61. The van der Waals surface area contributed by atoms with Gasteiger partial charge in [-0.15, -0.1) is 0 Å². The van der Waals surface area contributed by atoms with Crippen molar-refractivity contribution in [3.8, 4) is 0 Å². The predicted octanol–water partition coefficient (Wildman–Crippen LogP) is 5.94. The molecule has 0 bridgehead atoms. The lowest BCUT2D eigenvalue weighted by Gasteiger charge is -2.61. The van der Waals surface area contributed by atoms with Crippen LogP contribution in [0.25, 0.3) is 0 Å². The number of piperidine rings is 1. The third-order valence-corrected chi connectivity index (χ3v) is 10.9. The van der Waals surface area contributed by atoms with Gasteiger partial charge >= 0.3 is 0 Å². The highest BCUT2D eigenvalue weighted by Gasteiger charge is 2.60. The maximum Gasteiger partial charge on any atom is 0.222 e. The van der Waals surface area contributed by atoms with Crippen LogP contribution >= 0.6 is 15.9 Å². The highest BCUT2D eigenvalue weighted by atomic mass is 79.9. The molecular formula is C26H45BrN2O2. The molecule has 7 atom stereocenters. The number of amides is 1. The van der Waals surface area contributed by atoms with E-state index >= 15 is 0 Å². The Morgan fingerprint density at radius 2 is 1.77 bits per heavy atom. The first-order chi connectivity index (χ1) is 14.9. The SMILES string of the molecule is CN1C(=O)CC[C@@]2(C)C1CC[C@@H]1[C@H]2CC[C@]2(C)C(CNOCCCCCCBr)CC[C@@H]12. The summed E-state index contributed by atoms with van der Waals surface area (Å²) in [6.45, 7) is 6.98. The molecular weight excluding hydrogens is 452 g/mol. The summed E-state index contributed by atoms with van der Waals surface area (Å²) in [7, 11) is 2.07. The van der Waals surface area contributed by atoms with Gasteiger partial charge in [-0.3, -0.25) is 4.79 Å². The molecule has 0 aromatic heterocycles. The van der Waals surface area contributed by atoms with Gasteiger partial charge in [0, 0.05) is 31.4 Å². The molecule has 1 saturated heterocycles. The van der Waals surface area contributed by atoms with Crippen molar-refractivity contribution in [2.75, 3.05) is 25.5 Å². The van der Waals surface area contributed by atoms with E-state index in [-0.39, 0.29) is 0 Å². The van der Waals surface area contributed by atoms with Crippen LogP contribution in [0, 0.1) is 34.5 Å². The molecule has 1 heterocycles. The van der Waals surface area contributed by atoms with Gasteiger partial charge in [-0.2, -0.15) is 0 Å². The molecule has 0 spiro atoms. The van der Waals surface area contributed by atoms with Gasteiger partial charge in [-0.25, -0.2) is 5.48 Å². The smallest absolute Gasteiger partial charge is 0.222 e. The number of alkyl halides is 1. The molecule has 178 valence electrons. The standard InChI is InChI=1S/C26H45BrN2O2/c1-25-14-12-22-20(9-11-23-26(22,2)15-13-24(30)29(23)3)21(25)10-8-19(25)18-28-31-17-7-5-4-6-16-27/h19-23,28H,4-18H2,1-3H3/t19?,20-,21-,22+,23?,25+,26+/m0/s1. The second-order valence-corrected chi connectivity index (χ2v) is 12.4.